The lowest BCUT2D eigenvalue weighted by Gasteiger charge is -1.96. The molecule has 0 aromatic heterocycles. The third-order valence-electron chi connectivity index (χ3n) is 1.43. The molecular weight excluding hydrogens is 160 g/mol. The van der Waals surface area contributed by atoms with Crippen LogP contribution in [-0.2, 0) is 11.2 Å². The van der Waals surface area contributed by atoms with Gasteiger partial charge in [-0.2, -0.15) is 0 Å². The van der Waals surface area contributed by atoms with Crippen molar-refractivity contribution in [3.05, 3.63) is 35.4 Å². The third-order valence-corrected chi connectivity index (χ3v) is 1.62. The summed E-state index contributed by atoms with van der Waals surface area (Å²) in [5.74, 6) is 0.586. The van der Waals surface area contributed by atoms with Gasteiger partial charge in [0.15, 0.2) is 0 Å². The summed E-state index contributed by atoms with van der Waals surface area (Å²) in [5, 5.41) is 0. The van der Waals surface area contributed by atoms with Gasteiger partial charge < -0.3 is 0 Å². The van der Waals surface area contributed by atoms with E-state index in [2.05, 4.69) is 0 Å². The fraction of sp³-hybridized carbons (Fsp3) is 0.222. The van der Waals surface area contributed by atoms with Crippen molar-refractivity contribution in [2.24, 2.45) is 0 Å². The zero-order chi connectivity index (χ0) is 8.10. The lowest BCUT2D eigenvalue weighted by molar-refractivity contribution is 0.562. The first-order valence-electron chi connectivity index (χ1n) is 3.40. The van der Waals surface area contributed by atoms with Gasteiger partial charge in [0.2, 0.25) is 6.29 Å². The summed E-state index contributed by atoms with van der Waals surface area (Å²) in [7, 11) is 0. The monoisotopic (exact) mass is 167 g/mol. The molecule has 1 aromatic rings. The Morgan fingerprint density at radius 3 is 2.91 bits per heavy atom. The molecule has 0 spiro atoms. The number of hydrogen-bond donors (Lipinski definition) is 0. The van der Waals surface area contributed by atoms with Gasteiger partial charge in [-0.25, -0.2) is 0 Å². The van der Waals surface area contributed by atoms with Gasteiger partial charge in [-0.15, -0.1) is 11.6 Å². The van der Waals surface area contributed by atoms with Gasteiger partial charge in [0.1, 0.15) is 0 Å². The molecule has 0 saturated heterocycles. The van der Waals surface area contributed by atoms with Crippen molar-refractivity contribution in [3.8, 4) is 0 Å². The van der Waals surface area contributed by atoms with Crippen molar-refractivity contribution in [2.75, 3.05) is 5.88 Å². The summed E-state index contributed by atoms with van der Waals surface area (Å²) >= 11 is 5.53. The summed E-state index contributed by atoms with van der Waals surface area (Å²) < 4.78 is 0. The summed E-state index contributed by atoms with van der Waals surface area (Å²) in [6.45, 7) is 0. The first-order chi connectivity index (χ1) is 5.36. The zero-order valence-electron chi connectivity index (χ0n) is 6.01. The van der Waals surface area contributed by atoms with E-state index in [1.54, 1.807) is 12.1 Å². The molecule has 11 heavy (non-hydrogen) atoms. The van der Waals surface area contributed by atoms with Crippen molar-refractivity contribution in [1.29, 1.82) is 0 Å². The van der Waals surface area contributed by atoms with Gasteiger partial charge in [-0.1, -0.05) is 18.2 Å². The van der Waals surface area contributed by atoms with Crippen LogP contribution in [0, 0.1) is 0 Å². The van der Waals surface area contributed by atoms with E-state index in [0.29, 0.717) is 11.4 Å². The second-order valence-electron chi connectivity index (χ2n) is 2.24. The van der Waals surface area contributed by atoms with Crippen LogP contribution < -0.4 is 0 Å². The molecule has 0 aliphatic rings. The summed E-state index contributed by atoms with van der Waals surface area (Å²) in [6, 6.07) is 7.31. The highest BCUT2D eigenvalue weighted by molar-refractivity contribution is 6.17. The molecule has 0 unspecified atom stereocenters. The maximum absolute atomic E-state index is 10.2. The van der Waals surface area contributed by atoms with Gasteiger partial charge >= 0.3 is 0 Å². The molecule has 0 aliphatic heterocycles. The molecular formula is C9H8ClO. The Kier molecular flexibility index (Phi) is 3.12. The standard InChI is InChI=1S/C9H8ClO/c10-5-4-8-2-1-3-9(6-8)7-11/h1-3,6H,4-5H2. The predicted octanol–water partition coefficient (Wildman–Crippen LogP) is 1.93. The maximum Gasteiger partial charge on any atom is 0.233 e. The molecule has 0 N–H and O–H groups in total. The summed E-state index contributed by atoms with van der Waals surface area (Å²) in [4.78, 5) is 10.2. The average Bonchev–Trinajstić information content (AvgIpc) is 2.06. The molecule has 0 atom stereocenters. The molecule has 2 heteroatoms. The molecule has 0 saturated carbocycles. The highest BCUT2D eigenvalue weighted by atomic mass is 35.5. The van der Waals surface area contributed by atoms with Crippen LogP contribution >= 0.6 is 11.6 Å². The van der Waals surface area contributed by atoms with Crippen molar-refractivity contribution in [1.82, 2.24) is 0 Å². The fourth-order valence-electron chi connectivity index (χ4n) is 0.899. The minimum absolute atomic E-state index is 0.586. The van der Waals surface area contributed by atoms with Gasteiger partial charge in [0.05, 0.1) is 0 Å². The molecule has 0 fully saturated rings. The average molecular weight is 168 g/mol. The molecule has 0 aliphatic carbocycles. The number of carbonyl (C=O) groups excluding carboxylic acids is 1. The molecule has 1 aromatic carbocycles. The number of alkyl halides is 1. The molecule has 0 bridgehead atoms. The summed E-state index contributed by atoms with van der Waals surface area (Å²) in [5.41, 5.74) is 1.67. The van der Waals surface area contributed by atoms with Crippen LogP contribution in [0.25, 0.3) is 0 Å². The SMILES string of the molecule is O=[C]c1cccc(CCCl)c1. The highest BCUT2D eigenvalue weighted by Crippen LogP contribution is 2.04. The largest absolute Gasteiger partial charge is 0.285 e. The van der Waals surface area contributed by atoms with Gasteiger partial charge in [0, 0.05) is 11.4 Å². The number of halogens is 1. The minimum Gasteiger partial charge on any atom is -0.285 e. The van der Waals surface area contributed by atoms with E-state index in [-0.39, 0.29) is 0 Å². The Hall–Kier alpha value is -0.820. The molecule has 1 rings (SSSR count). The van der Waals surface area contributed by atoms with Crippen LogP contribution in [0.5, 0.6) is 0 Å². The van der Waals surface area contributed by atoms with Crippen molar-refractivity contribution < 1.29 is 4.79 Å². The quantitative estimate of drug-likeness (QED) is 0.629. The van der Waals surface area contributed by atoms with Crippen molar-refractivity contribution >= 4 is 17.9 Å². The number of hydrogen-bond acceptors (Lipinski definition) is 1. The van der Waals surface area contributed by atoms with Crippen molar-refractivity contribution in [3.63, 3.8) is 0 Å². The van der Waals surface area contributed by atoms with Crippen molar-refractivity contribution in [2.45, 2.75) is 6.42 Å². The van der Waals surface area contributed by atoms with E-state index in [0.717, 1.165) is 12.0 Å². The number of rotatable bonds is 3. The van der Waals surface area contributed by atoms with Crippen LogP contribution in [0.3, 0.4) is 0 Å². The molecule has 0 heterocycles. The van der Waals surface area contributed by atoms with Gasteiger partial charge in [0.25, 0.3) is 0 Å². The van der Waals surface area contributed by atoms with Crippen LogP contribution in [0.15, 0.2) is 24.3 Å². The Bertz CT molecular complexity index is 245. The topological polar surface area (TPSA) is 17.1 Å². The van der Waals surface area contributed by atoms with E-state index >= 15 is 0 Å². The Morgan fingerprint density at radius 1 is 1.45 bits per heavy atom. The summed E-state index contributed by atoms with van der Waals surface area (Å²) in [6.07, 6.45) is 2.64. The lowest BCUT2D eigenvalue weighted by Crippen LogP contribution is -1.87. The highest BCUT2D eigenvalue weighted by Gasteiger charge is 1.93. The Labute approximate surface area is 71.0 Å². The number of aryl methyl sites for hydroxylation is 1. The Morgan fingerprint density at radius 2 is 2.27 bits per heavy atom. The molecule has 1 radical (unpaired) electrons. The maximum atomic E-state index is 10.2. The van der Waals surface area contributed by atoms with Crippen LogP contribution in [0.4, 0.5) is 0 Å². The van der Waals surface area contributed by atoms with Crippen LogP contribution in [0.2, 0.25) is 0 Å². The zero-order valence-corrected chi connectivity index (χ0v) is 6.77. The lowest BCUT2D eigenvalue weighted by atomic mass is 10.1. The number of benzene rings is 1. The first kappa shape index (κ1) is 8.28. The fourth-order valence-corrected chi connectivity index (χ4v) is 1.12. The second kappa shape index (κ2) is 4.14. The van der Waals surface area contributed by atoms with Crippen LogP contribution in [-0.4, -0.2) is 12.2 Å². The molecule has 1 nitrogen and oxygen atoms in total. The normalized spacial score (nSPS) is 9.55. The van der Waals surface area contributed by atoms with E-state index in [4.69, 9.17) is 11.6 Å². The first-order valence-corrected chi connectivity index (χ1v) is 3.93. The predicted molar refractivity (Wildman–Crippen MR) is 45.7 cm³/mol. The second-order valence-corrected chi connectivity index (χ2v) is 2.62. The van der Waals surface area contributed by atoms with E-state index in [1.807, 2.05) is 18.4 Å². The van der Waals surface area contributed by atoms with E-state index in [9.17, 15) is 4.79 Å². The third kappa shape index (κ3) is 2.35. The van der Waals surface area contributed by atoms with Crippen LogP contribution in [0.1, 0.15) is 11.1 Å². The van der Waals surface area contributed by atoms with Gasteiger partial charge in [-0.3, -0.25) is 4.79 Å². The molecule has 57 valence electrons. The Balaban J connectivity index is 2.82. The molecule has 0 amide bonds. The van der Waals surface area contributed by atoms with E-state index < -0.39 is 0 Å². The minimum atomic E-state index is 0.586. The van der Waals surface area contributed by atoms with Gasteiger partial charge in [-0.05, 0) is 18.1 Å². The smallest absolute Gasteiger partial charge is 0.233 e. The van der Waals surface area contributed by atoms with E-state index in [1.165, 1.54) is 0 Å².